The minimum Gasteiger partial charge on any atom is -0.406 e. The zero-order chi connectivity index (χ0) is 15.4. The second-order valence-corrected chi connectivity index (χ2v) is 3.72. The van der Waals surface area contributed by atoms with Crippen LogP contribution >= 0.6 is 0 Å². The molecule has 1 rings (SSSR count). The minimum absolute atomic E-state index is 0.179. The maximum absolute atomic E-state index is 12.0. The highest BCUT2D eigenvalue weighted by Crippen LogP contribution is 2.23. The van der Waals surface area contributed by atoms with Crippen LogP contribution in [0.1, 0.15) is 10.4 Å². The van der Waals surface area contributed by atoms with Gasteiger partial charge in [0, 0.05) is 5.56 Å². The Balaban J connectivity index is 2.63. The van der Waals surface area contributed by atoms with Crippen molar-refractivity contribution < 1.29 is 35.9 Å². The molecule has 1 aromatic carbocycles. The molecule has 0 bridgehead atoms. The zero-order valence-corrected chi connectivity index (χ0v) is 9.81. The fourth-order valence-electron chi connectivity index (χ4n) is 1.29. The van der Waals surface area contributed by atoms with Crippen LogP contribution in [-0.2, 0) is 0 Å². The van der Waals surface area contributed by atoms with Gasteiger partial charge in [-0.1, -0.05) is 12.1 Å². The van der Waals surface area contributed by atoms with E-state index in [1.807, 2.05) is 5.32 Å². The molecule has 0 aliphatic carbocycles. The third kappa shape index (κ3) is 6.41. The molecule has 1 aromatic rings. The van der Waals surface area contributed by atoms with Crippen LogP contribution in [0, 0.1) is 0 Å². The van der Waals surface area contributed by atoms with Crippen LogP contribution in [0.4, 0.5) is 26.3 Å². The Hall–Kier alpha value is -1.77. The SMILES string of the molecule is O=C(CNCC(F)(F)F)c1cccc(OC(F)(F)F)c1. The molecule has 0 radical (unpaired) electrons. The van der Waals surface area contributed by atoms with Gasteiger partial charge in [-0.3, -0.25) is 4.79 Å². The normalized spacial score (nSPS) is 12.3. The molecule has 0 aliphatic rings. The van der Waals surface area contributed by atoms with Gasteiger partial charge in [-0.2, -0.15) is 13.2 Å². The summed E-state index contributed by atoms with van der Waals surface area (Å²) >= 11 is 0. The molecule has 9 heteroatoms. The van der Waals surface area contributed by atoms with Crippen molar-refractivity contribution in [2.24, 2.45) is 0 Å². The summed E-state index contributed by atoms with van der Waals surface area (Å²) in [6, 6.07) is 4.11. The lowest BCUT2D eigenvalue weighted by Crippen LogP contribution is -2.32. The van der Waals surface area contributed by atoms with Gasteiger partial charge in [0.25, 0.3) is 0 Å². The predicted octanol–water partition coefficient (Wildman–Crippen LogP) is 2.92. The highest BCUT2D eigenvalue weighted by atomic mass is 19.4. The molecule has 0 saturated carbocycles. The number of hydrogen-bond donors (Lipinski definition) is 1. The average molecular weight is 301 g/mol. The van der Waals surface area contributed by atoms with Gasteiger partial charge in [-0.25, -0.2) is 0 Å². The quantitative estimate of drug-likeness (QED) is 0.671. The first-order valence-electron chi connectivity index (χ1n) is 5.23. The first-order valence-corrected chi connectivity index (χ1v) is 5.23. The molecule has 3 nitrogen and oxygen atoms in total. The van der Waals surface area contributed by atoms with Crippen molar-refractivity contribution in [3.63, 3.8) is 0 Å². The molecule has 0 aliphatic heterocycles. The monoisotopic (exact) mass is 301 g/mol. The Morgan fingerprint density at radius 1 is 1.15 bits per heavy atom. The van der Waals surface area contributed by atoms with Crippen LogP contribution in [0.25, 0.3) is 0 Å². The van der Waals surface area contributed by atoms with E-state index in [0.717, 1.165) is 18.2 Å². The molecule has 0 spiro atoms. The Morgan fingerprint density at radius 3 is 2.35 bits per heavy atom. The molecule has 0 amide bonds. The Labute approximate surface area is 109 Å². The minimum atomic E-state index is -4.91. The van der Waals surface area contributed by atoms with E-state index in [4.69, 9.17) is 0 Å². The average Bonchev–Trinajstić information content (AvgIpc) is 2.25. The number of alkyl halides is 6. The van der Waals surface area contributed by atoms with Crippen molar-refractivity contribution in [2.45, 2.75) is 12.5 Å². The molecular formula is C11H9F6NO2. The van der Waals surface area contributed by atoms with Crippen molar-refractivity contribution in [3.05, 3.63) is 29.8 Å². The maximum atomic E-state index is 12.0. The number of hydrogen-bond acceptors (Lipinski definition) is 3. The van der Waals surface area contributed by atoms with E-state index in [-0.39, 0.29) is 5.56 Å². The van der Waals surface area contributed by atoms with Gasteiger partial charge in [-0.15, -0.1) is 13.2 Å². The van der Waals surface area contributed by atoms with E-state index in [1.54, 1.807) is 0 Å². The summed E-state index contributed by atoms with van der Waals surface area (Å²) in [4.78, 5) is 11.5. The maximum Gasteiger partial charge on any atom is 0.573 e. The molecule has 1 N–H and O–H groups in total. The van der Waals surface area contributed by atoms with Crippen molar-refractivity contribution in [1.29, 1.82) is 0 Å². The van der Waals surface area contributed by atoms with E-state index in [0.29, 0.717) is 0 Å². The van der Waals surface area contributed by atoms with Gasteiger partial charge in [0.05, 0.1) is 13.1 Å². The van der Waals surface area contributed by atoms with Gasteiger partial charge in [0.2, 0.25) is 0 Å². The van der Waals surface area contributed by atoms with Crippen LogP contribution < -0.4 is 10.1 Å². The fourth-order valence-corrected chi connectivity index (χ4v) is 1.29. The first-order chi connectivity index (χ1) is 9.07. The number of benzene rings is 1. The van der Waals surface area contributed by atoms with Crippen LogP contribution in [-0.4, -0.2) is 31.4 Å². The molecule has 112 valence electrons. The summed E-state index contributed by atoms with van der Waals surface area (Å²) in [7, 11) is 0. The lowest BCUT2D eigenvalue weighted by atomic mass is 10.1. The highest BCUT2D eigenvalue weighted by molar-refractivity contribution is 5.97. The number of ketones is 1. The van der Waals surface area contributed by atoms with E-state index >= 15 is 0 Å². The van der Waals surface area contributed by atoms with Gasteiger partial charge in [-0.05, 0) is 12.1 Å². The van der Waals surface area contributed by atoms with Crippen molar-refractivity contribution in [3.8, 4) is 5.75 Å². The van der Waals surface area contributed by atoms with Crippen LogP contribution in [0.5, 0.6) is 5.75 Å². The number of rotatable bonds is 5. The van der Waals surface area contributed by atoms with Crippen LogP contribution in [0.15, 0.2) is 24.3 Å². The lowest BCUT2D eigenvalue weighted by molar-refractivity contribution is -0.274. The highest BCUT2D eigenvalue weighted by Gasteiger charge is 2.31. The number of nitrogens with one attached hydrogen (secondary N) is 1. The van der Waals surface area contributed by atoms with Crippen LogP contribution in [0.3, 0.4) is 0 Å². The standard InChI is InChI=1S/C11H9F6NO2/c12-10(13,14)6-18-5-9(19)7-2-1-3-8(4-7)20-11(15,16)17/h1-4,18H,5-6H2. The van der Waals surface area contributed by atoms with Crippen molar-refractivity contribution >= 4 is 5.78 Å². The molecule has 20 heavy (non-hydrogen) atoms. The van der Waals surface area contributed by atoms with Gasteiger partial charge < -0.3 is 10.1 Å². The van der Waals surface area contributed by atoms with Gasteiger partial charge in [0.15, 0.2) is 5.78 Å². The largest absolute Gasteiger partial charge is 0.573 e. The van der Waals surface area contributed by atoms with E-state index < -0.39 is 37.2 Å². The summed E-state index contributed by atoms with van der Waals surface area (Å²) < 4.78 is 75.0. The van der Waals surface area contributed by atoms with E-state index in [2.05, 4.69) is 4.74 Å². The topological polar surface area (TPSA) is 38.3 Å². The fraction of sp³-hybridized carbons (Fsp3) is 0.364. The number of Topliss-reactive ketones (excluding diaryl/α,β-unsaturated/α-hetero) is 1. The first kappa shape index (κ1) is 16.3. The molecule has 0 heterocycles. The molecule has 0 saturated heterocycles. The molecule has 0 aromatic heterocycles. The predicted molar refractivity (Wildman–Crippen MR) is 56.4 cm³/mol. The van der Waals surface area contributed by atoms with E-state index in [9.17, 15) is 31.1 Å². The smallest absolute Gasteiger partial charge is 0.406 e. The number of carbonyl (C=O) groups excluding carboxylic acids is 1. The Bertz CT molecular complexity index is 469. The van der Waals surface area contributed by atoms with Gasteiger partial charge >= 0.3 is 12.5 Å². The Morgan fingerprint density at radius 2 is 1.80 bits per heavy atom. The Kier molecular flexibility index (Phi) is 4.98. The third-order valence-corrected chi connectivity index (χ3v) is 2.00. The summed E-state index contributed by atoms with van der Waals surface area (Å²) in [6.45, 7) is -2.01. The van der Waals surface area contributed by atoms with Crippen molar-refractivity contribution in [2.75, 3.05) is 13.1 Å². The summed E-state index contributed by atoms with van der Waals surface area (Å²) in [6.07, 6.45) is -9.38. The summed E-state index contributed by atoms with van der Waals surface area (Å²) in [5, 5.41) is 1.85. The van der Waals surface area contributed by atoms with Crippen molar-refractivity contribution in [1.82, 2.24) is 5.32 Å². The molecule has 0 unspecified atom stereocenters. The zero-order valence-electron chi connectivity index (χ0n) is 9.81. The molecule has 0 atom stereocenters. The third-order valence-electron chi connectivity index (χ3n) is 2.00. The number of carbonyl (C=O) groups is 1. The van der Waals surface area contributed by atoms with E-state index in [1.165, 1.54) is 6.07 Å². The summed E-state index contributed by atoms with van der Waals surface area (Å²) in [5.74, 6) is -1.39. The van der Waals surface area contributed by atoms with Crippen LogP contribution in [0.2, 0.25) is 0 Å². The number of halogens is 6. The molecule has 0 fully saturated rings. The molecular weight excluding hydrogens is 292 g/mol. The second kappa shape index (κ2) is 6.12. The second-order valence-electron chi connectivity index (χ2n) is 3.72. The lowest BCUT2D eigenvalue weighted by Gasteiger charge is -2.10. The number of ether oxygens (including phenoxy) is 1. The summed E-state index contributed by atoms with van der Waals surface area (Å²) in [5.41, 5.74) is -0.179. The van der Waals surface area contributed by atoms with Gasteiger partial charge in [0.1, 0.15) is 5.75 Å².